The smallest absolute Gasteiger partial charge is 0.252 e. The molecule has 0 spiro atoms. The molecule has 0 radical (unpaired) electrons. The fraction of sp³-hybridized carbons (Fsp3) is 0.412. The fourth-order valence-corrected chi connectivity index (χ4v) is 6.30. The Balaban J connectivity index is 1.42. The zero-order chi connectivity index (χ0) is 16.0. The van der Waals surface area contributed by atoms with E-state index in [4.69, 9.17) is 0 Å². The van der Waals surface area contributed by atoms with Crippen molar-refractivity contribution in [2.45, 2.75) is 30.1 Å². The van der Waals surface area contributed by atoms with E-state index in [1.165, 1.54) is 22.5 Å². The van der Waals surface area contributed by atoms with Crippen molar-refractivity contribution in [3.63, 3.8) is 0 Å². The van der Waals surface area contributed by atoms with Gasteiger partial charge < -0.3 is 0 Å². The van der Waals surface area contributed by atoms with E-state index < -0.39 is 10.0 Å². The van der Waals surface area contributed by atoms with E-state index in [-0.39, 0.29) is 0 Å². The molecule has 1 fully saturated rings. The van der Waals surface area contributed by atoms with Crippen LogP contribution in [0.25, 0.3) is 0 Å². The van der Waals surface area contributed by atoms with E-state index in [2.05, 4.69) is 29.2 Å². The van der Waals surface area contributed by atoms with E-state index in [1.807, 2.05) is 13.0 Å². The molecule has 1 aromatic carbocycles. The maximum absolute atomic E-state index is 12.6. The van der Waals surface area contributed by atoms with Crippen LogP contribution in [0.1, 0.15) is 16.0 Å². The van der Waals surface area contributed by atoms with Gasteiger partial charge in [-0.1, -0.05) is 24.3 Å². The van der Waals surface area contributed by atoms with Gasteiger partial charge in [-0.2, -0.15) is 4.31 Å². The SMILES string of the molecule is Cc1ccc(S(=O)(=O)N2CC(N3CCc4ccccc4C3)C2)s1. The molecule has 1 saturated heterocycles. The lowest BCUT2D eigenvalue weighted by Crippen LogP contribution is -2.61. The molecule has 1 aromatic heterocycles. The number of hydrogen-bond acceptors (Lipinski definition) is 4. The van der Waals surface area contributed by atoms with Gasteiger partial charge in [-0.05, 0) is 36.6 Å². The number of nitrogens with zero attached hydrogens (tertiary/aromatic N) is 2. The first-order valence-corrected chi connectivity index (χ1v) is 10.2. The molecule has 0 saturated carbocycles. The van der Waals surface area contributed by atoms with Crippen LogP contribution in [0.5, 0.6) is 0 Å². The zero-order valence-electron chi connectivity index (χ0n) is 13.1. The highest BCUT2D eigenvalue weighted by Crippen LogP contribution is 2.30. The third kappa shape index (κ3) is 2.74. The van der Waals surface area contributed by atoms with Gasteiger partial charge in [0, 0.05) is 37.1 Å². The first kappa shape index (κ1) is 15.3. The van der Waals surface area contributed by atoms with Gasteiger partial charge in [-0.25, -0.2) is 8.42 Å². The van der Waals surface area contributed by atoms with E-state index >= 15 is 0 Å². The summed E-state index contributed by atoms with van der Waals surface area (Å²) in [5.41, 5.74) is 2.82. The van der Waals surface area contributed by atoms with Gasteiger partial charge in [-0.3, -0.25) is 4.90 Å². The summed E-state index contributed by atoms with van der Waals surface area (Å²) in [7, 11) is -3.29. The third-order valence-electron chi connectivity index (χ3n) is 4.82. The Kier molecular flexibility index (Phi) is 3.80. The maximum Gasteiger partial charge on any atom is 0.252 e. The van der Waals surface area contributed by atoms with Gasteiger partial charge in [0.2, 0.25) is 0 Å². The molecule has 23 heavy (non-hydrogen) atoms. The molecule has 6 heteroatoms. The van der Waals surface area contributed by atoms with Crippen molar-refractivity contribution in [3.05, 3.63) is 52.4 Å². The Labute approximate surface area is 141 Å². The average Bonchev–Trinajstić information content (AvgIpc) is 2.93. The van der Waals surface area contributed by atoms with Gasteiger partial charge in [0.1, 0.15) is 4.21 Å². The first-order chi connectivity index (χ1) is 11.0. The van der Waals surface area contributed by atoms with Crippen LogP contribution in [0.2, 0.25) is 0 Å². The monoisotopic (exact) mass is 348 g/mol. The summed E-state index contributed by atoms with van der Waals surface area (Å²) >= 11 is 1.36. The minimum atomic E-state index is -3.29. The minimum absolute atomic E-state index is 0.346. The maximum atomic E-state index is 12.6. The van der Waals surface area contributed by atoms with Crippen molar-refractivity contribution in [1.29, 1.82) is 0 Å². The largest absolute Gasteiger partial charge is 0.293 e. The van der Waals surface area contributed by atoms with Crippen LogP contribution in [0.15, 0.2) is 40.6 Å². The Morgan fingerprint density at radius 1 is 1.09 bits per heavy atom. The van der Waals surface area contributed by atoms with Gasteiger partial charge in [0.25, 0.3) is 10.0 Å². The highest BCUT2D eigenvalue weighted by molar-refractivity contribution is 7.91. The molecule has 0 N–H and O–H groups in total. The van der Waals surface area contributed by atoms with Crippen LogP contribution in [-0.4, -0.2) is 43.3 Å². The topological polar surface area (TPSA) is 40.6 Å². The van der Waals surface area contributed by atoms with E-state index in [0.717, 1.165) is 24.4 Å². The number of hydrogen-bond donors (Lipinski definition) is 0. The van der Waals surface area contributed by atoms with Crippen LogP contribution < -0.4 is 0 Å². The number of thiophene rings is 1. The number of benzene rings is 1. The van der Waals surface area contributed by atoms with Crippen molar-refractivity contribution in [1.82, 2.24) is 9.21 Å². The van der Waals surface area contributed by atoms with Gasteiger partial charge in [0.15, 0.2) is 0 Å². The predicted molar refractivity (Wildman–Crippen MR) is 92.2 cm³/mol. The van der Waals surface area contributed by atoms with Crippen LogP contribution in [0.3, 0.4) is 0 Å². The molecule has 122 valence electrons. The quantitative estimate of drug-likeness (QED) is 0.856. The molecule has 4 nitrogen and oxygen atoms in total. The van der Waals surface area contributed by atoms with Crippen molar-refractivity contribution in [2.24, 2.45) is 0 Å². The predicted octanol–water partition coefficient (Wildman–Crippen LogP) is 2.49. The third-order valence-corrected chi connectivity index (χ3v) is 8.11. The normalized spacial score (nSPS) is 20.2. The second-order valence-electron chi connectivity index (χ2n) is 6.33. The summed E-state index contributed by atoms with van der Waals surface area (Å²) in [6.07, 6.45) is 1.06. The van der Waals surface area contributed by atoms with Crippen LogP contribution >= 0.6 is 11.3 Å². The molecule has 0 bridgehead atoms. The second kappa shape index (κ2) is 5.70. The fourth-order valence-electron chi connectivity index (χ4n) is 3.35. The van der Waals surface area contributed by atoms with E-state index in [9.17, 15) is 8.42 Å². The summed E-state index contributed by atoms with van der Waals surface area (Å²) in [4.78, 5) is 3.46. The van der Waals surface area contributed by atoms with Crippen LogP contribution in [0.4, 0.5) is 0 Å². The molecule has 2 aromatic rings. The number of fused-ring (bicyclic) bond motifs is 1. The lowest BCUT2D eigenvalue weighted by molar-refractivity contribution is 0.0770. The van der Waals surface area contributed by atoms with E-state index in [1.54, 1.807) is 10.4 Å². The second-order valence-corrected chi connectivity index (χ2v) is 9.78. The molecule has 2 aliphatic rings. The molecule has 0 atom stereocenters. The van der Waals surface area contributed by atoms with Gasteiger partial charge in [-0.15, -0.1) is 11.3 Å². The molecular weight excluding hydrogens is 328 g/mol. The highest BCUT2D eigenvalue weighted by Gasteiger charge is 2.40. The summed E-state index contributed by atoms with van der Waals surface area (Å²) in [6.45, 7) is 5.12. The summed E-state index contributed by atoms with van der Waals surface area (Å²) in [6, 6.07) is 12.5. The zero-order valence-corrected chi connectivity index (χ0v) is 14.7. The van der Waals surface area contributed by atoms with Crippen molar-refractivity contribution >= 4 is 21.4 Å². The lowest BCUT2D eigenvalue weighted by atomic mass is 9.97. The molecule has 0 aliphatic carbocycles. The Morgan fingerprint density at radius 2 is 1.83 bits per heavy atom. The van der Waals surface area contributed by atoms with Crippen molar-refractivity contribution < 1.29 is 8.42 Å². The molecule has 3 heterocycles. The molecular formula is C17H20N2O2S2. The highest BCUT2D eigenvalue weighted by atomic mass is 32.2. The summed E-state index contributed by atoms with van der Waals surface area (Å²) in [5, 5.41) is 0. The standard InChI is InChI=1S/C17H20N2O2S2/c1-13-6-7-17(22-13)23(20,21)19-11-16(12-19)18-9-8-14-4-2-3-5-15(14)10-18/h2-7,16H,8-12H2,1H3. The first-order valence-electron chi connectivity index (χ1n) is 7.91. The van der Waals surface area contributed by atoms with Gasteiger partial charge >= 0.3 is 0 Å². The Bertz CT molecular complexity index is 823. The van der Waals surface area contributed by atoms with Crippen molar-refractivity contribution in [2.75, 3.05) is 19.6 Å². The number of sulfonamides is 1. The minimum Gasteiger partial charge on any atom is -0.293 e. The van der Waals surface area contributed by atoms with Crippen LogP contribution in [0, 0.1) is 6.92 Å². The molecule has 2 aliphatic heterocycles. The van der Waals surface area contributed by atoms with Crippen molar-refractivity contribution in [3.8, 4) is 0 Å². The number of aryl methyl sites for hydroxylation is 1. The average molecular weight is 348 g/mol. The Morgan fingerprint density at radius 3 is 2.52 bits per heavy atom. The van der Waals surface area contributed by atoms with Gasteiger partial charge in [0.05, 0.1) is 0 Å². The van der Waals surface area contributed by atoms with Crippen LogP contribution in [-0.2, 0) is 23.0 Å². The Hall–Kier alpha value is -1.21. The number of rotatable bonds is 3. The molecule has 4 rings (SSSR count). The summed E-state index contributed by atoms with van der Waals surface area (Å²) < 4.78 is 27.2. The molecule has 0 amide bonds. The van der Waals surface area contributed by atoms with E-state index in [0.29, 0.717) is 23.3 Å². The summed E-state index contributed by atoms with van der Waals surface area (Å²) in [5.74, 6) is 0. The lowest BCUT2D eigenvalue weighted by Gasteiger charge is -2.45. The molecule has 0 unspecified atom stereocenters.